The molecule has 17 heavy (non-hydrogen) atoms. The van der Waals surface area contributed by atoms with Gasteiger partial charge in [-0.2, -0.15) is 0 Å². The molecule has 0 aromatic heterocycles. The number of benzene rings is 1. The molecule has 0 saturated carbocycles. The summed E-state index contributed by atoms with van der Waals surface area (Å²) in [4.78, 5) is 0. The Morgan fingerprint density at radius 2 is 1.94 bits per heavy atom. The summed E-state index contributed by atoms with van der Waals surface area (Å²) in [5.41, 5.74) is 1.40. The number of rotatable bonds is 9. The number of nitrogens with one attached hydrogen (secondary N) is 1. The first-order valence-electron chi connectivity index (χ1n) is 6.68. The van der Waals surface area contributed by atoms with Gasteiger partial charge >= 0.3 is 0 Å². The van der Waals surface area contributed by atoms with E-state index >= 15 is 0 Å². The summed E-state index contributed by atoms with van der Waals surface area (Å²) < 4.78 is 5.59. The molecule has 0 bridgehead atoms. The number of hydrogen-bond acceptors (Lipinski definition) is 2. The van der Waals surface area contributed by atoms with Crippen LogP contribution in [0.2, 0.25) is 0 Å². The van der Waals surface area contributed by atoms with Crippen molar-refractivity contribution in [1.29, 1.82) is 0 Å². The van der Waals surface area contributed by atoms with E-state index in [2.05, 4.69) is 49.5 Å². The van der Waals surface area contributed by atoms with Gasteiger partial charge in [0.25, 0.3) is 0 Å². The Hall–Kier alpha value is -0.860. The van der Waals surface area contributed by atoms with Crippen molar-refractivity contribution in [2.45, 2.75) is 39.2 Å². The second-order valence-electron chi connectivity index (χ2n) is 4.46. The van der Waals surface area contributed by atoms with Gasteiger partial charge in [0, 0.05) is 19.2 Å². The molecule has 2 nitrogen and oxygen atoms in total. The normalized spacial score (nSPS) is 12.6. The maximum absolute atomic E-state index is 5.59. The van der Waals surface area contributed by atoms with Gasteiger partial charge in [0.05, 0.1) is 6.61 Å². The van der Waals surface area contributed by atoms with Gasteiger partial charge < -0.3 is 10.1 Å². The SMILES string of the molecule is CCC(C)NCCOCCCc1ccccc1. The van der Waals surface area contributed by atoms with Crippen LogP contribution in [0.25, 0.3) is 0 Å². The van der Waals surface area contributed by atoms with Crippen molar-refractivity contribution in [2.75, 3.05) is 19.8 Å². The van der Waals surface area contributed by atoms with Crippen molar-refractivity contribution in [3.05, 3.63) is 35.9 Å². The topological polar surface area (TPSA) is 21.3 Å². The Kier molecular flexibility index (Phi) is 7.69. The first-order valence-corrected chi connectivity index (χ1v) is 6.68. The second kappa shape index (κ2) is 9.20. The molecular formula is C15H25NO. The Morgan fingerprint density at radius 3 is 2.65 bits per heavy atom. The minimum absolute atomic E-state index is 0.600. The van der Waals surface area contributed by atoms with Gasteiger partial charge in [-0.15, -0.1) is 0 Å². The van der Waals surface area contributed by atoms with Gasteiger partial charge in [0.2, 0.25) is 0 Å². The van der Waals surface area contributed by atoms with Crippen LogP contribution in [0, 0.1) is 0 Å². The lowest BCUT2D eigenvalue weighted by molar-refractivity contribution is 0.132. The van der Waals surface area contributed by atoms with E-state index in [0.717, 1.165) is 32.6 Å². The summed E-state index contributed by atoms with van der Waals surface area (Å²) in [6, 6.07) is 11.2. The Morgan fingerprint density at radius 1 is 1.18 bits per heavy atom. The van der Waals surface area contributed by atoms with Crippen LogP contribution >= 0.6 is 0 Å². The van der Waals surface area contributed by atoms with Crippen molar-refractivity contribution in [1.82, 2.24) is 5.32 Å². The molecule has 1 unspecified atom stereocenters. The molecule has 1 N–H and O–H groups in total. The summed E-state index contributed by atoms with van der Waals surface area (Å²) >= 11 is 0. The van der Waals surface area contributed by atoms with E-state index < -0.39 is 0 Å². The lowest BCUT2D eigenvalue weighted by Crippen LogP contribution is -2.28. The van der Waals surface area contributed by atoms with E-state index in [9.17, 15) is 0 Å². The Balaban J connectivity index is 1.91. The fraction of sp³-hybridized carbons (Fsp3) is 0.600. The van der Waals surface area contributed by atoms with Gasteiger partial charge in [0.15, 0.2) is 0 Å². The average molecular weight is 235 g/mol. The largest absolute Gasteiger partial charge is 0.380 e. The fourth-order valence-electron chi connectivity index (χ4n) is 1.65. The van der Waals surface area contributed by atoms with Crippen molar-refractivity contribution < 1.29 is 4.74 Å². The molecular weight excluding hydrogens is 210 g/mol. The maximum atomic E-state index is 5.59. The molecule has 0 heterocycles. The highest BCUT2D eigenvalue weighted by atomic mass is 16.5. The molecule has 1 aromatic rings. The van der Waals surface area contributed by atoms with Crippen LogP contribution in [0.5, 0.6) is 0 Å². The summed E-state index contributed by atoms with van der Waals surface area (Å²) in [5.74, 6) is 0. The van der Waals surface area contributed by atoms with Crippen molar-refractivity contribution in [2.24, 2.45) is 0 Å². The van der Waals surface area contributed by atoms with Crippen LogP contribution in [0.3, 0.4) is 0 Å². The summed E-state index contributed by atoms with van der Waals surface area (Å²) in [5, 5.41) is 3.42. The molecule has 0 aliphatic heterocycles. The highest BCUT2D eigenvalue weighted by molar-refractivity contribution is 5.14. The van der Waals surface area contributed by atoms with E-state index in [1.165, 1.54) is 12.0 Å². The molecule has 1 atom stereocenters. The van der Waals surface area contributed by atoms with Crippen LogP contribution in [0.1, 0.15) is 32.3 Å². The average Bonchev–Trinajstić information content (AvgIpc) is 2.38. The molecule has 0 saturated heterocycles. The zero-order valence-corrected chi connectivity index (χ0v) is 11.1. The third-order valence-electron chi connectivity index (χ3n) is 2.95. The lowest BCUT2D eigenvalue weighted by atomic mass is 10.1. The van der Waals surface area contributed by atoms with E-state index in [0.29, 0.717) is 6.04 Å². The van der Waals surface area contributed by atoms with Gasteiger partial charge in [-0.1, -0.05) is 37.3 Å². The summed E-state index contributed by atoms with van der Waals surface area (Å²) in [6.45, 7) is 7.03. The predicted molar refractivity (Wildman–Crippen MR) is 73.3 cm³/mol. The van der Waals surface area contributed by atoms with E-state index in [1.54, 1.807) is 0 Å². The monoisotopic (exact) mass is 235 g/mol. The minimum Gasteiger partial charge on any atom is -0.380 e. The highest BCUT2D eigenvalue weighted by Gasteiger charge is 1.96. The van der Waals surface area contributed by atoms with E-state index in [-0.39, 0.29) is 0 Å². The quantitative estimate of drug-likeness (QED) is 0.664. The number of aryl methyl sites for hydroxylation is 1. The molecule has 2 heteroatoms. The Labute approximate surface area is 105 Å². The standard InChI is InChI=1S/C15H25NO/c1-3-14(2)16-11-13-17-12-7-10-15-8-5-4-6-9-15/h4-6,8-9,14,16H,3,7,10-13H2,1-2H3. The minimum atomic E-state index is 0.600. The van der Waals surface area contributed by atoms with E-state index in [1.807, 2.05) is 0 Å². The third-order valence-corrected chi connectivity index (χ3v) is 2.95. The summed E-state index contributed by atoms with van der Waals surface area (Å²) in [7, 11) is 0. The van der Waals surface area contributed by atoms with Gasteiger partial charge in [-0.05, 0) is 31.7 Å². The first-order chi connectivity index (χ1) is 8.33. The van der Waals surface area contributed by atoms with Crippen molar-refractivity contribution in [3.8, 4) is 0 Å². The van der Waals surface area contributed by atoms with E-state index in [4.69, 9.17) is 4.74 Å². The summed E-state index contributed by atoms with van der Waals surface area (Å²) in [6.07, 6.45) is 3.39. The van der Waals surface area contributed by atoms with Gasteiger partial charge in [-0.3, -0.25) is 0 Å². The molecule has 1 aromatic carbocycles. The number of ether oxygens (including phenoxy) is 1. The van der Waals surface area contributed by atoms with Crippen LogP contribution in [-0.2, 0) is 11.2 Å². The molecule has 0 aliphatic rings. The van der Waals surface area contributed by atoms with Crippen LogP contribution in [-0.4, -0.2) is 25.8 Å². The second-order valence-corrected chi connectivity index (χ2v) is 4.46. The van der Waals surface area contributed by atoms with Gasteiger partial charge in [-0.25, -0.2) is 0 Å². The van der Waals surface area contributed by atoms with Gasteiger partial charge in [0.1, 0.15) is 0 Å². The van der Waals surface area contributed by atoms with Crippen LogP contribution < -0.4 is 5.32 Å². The molecule has 0 fully saturated rings. The molecule has 0 amide bonds. The first kappa shape index (κ1) is 14.2. The molecule has 0 radical (unpaired) electrons. The fourth-order valence-corrected chi connectivity index (χ4v) is 1.65. The predicted octanol–water partition coefficient (Wildman–Crippen LogP) is 3.02. The number of hydrogen-bond donors (Lipinski definition) is 1. The molecule has 1 rings (SSSR count). The molecule has 96 valence electrons. The maximum Gasteiger partial charge on any atom is 0.0591 e. The van der Waals surface area contributed by atoms with Crippen molar-refractivity contribution in [3.63, 3.8) is 0 Å². The third kappa shape index (κ3) is 7.14. The molecule has 0 spiro atoms. The smallest absolute Gasteiger partial charge is 0.0591 e. The Bertz CT molecular complexity index is 274. The van der Waals surface area contributed by atoms with Crippen LogP contribution in [0.15, 0.2) is 30.3 Å². The zero-order valence-electron chi connectivity index (χ0n) is 11.1. The molecule has 0 aliphatic carbocycles. The zero-order chi connectivity index (χ0) is 12.3. The lowest BCUT2D eigenvalue weighted by Gasteiger charge is -2.11. The van der Waals surface area contributed by atoms with Crippen LogP contribution in [0.4, 0.5) is 0 Å². The highest BCUT2D eigenvalue weighted by Crippen LogP contribution is 2.02. The van der Waals surface area contributed by atoms with Crippen molar-refractivity contribution >= 4 is 0 Å².